The van der Waals surface area contributed by atoms with Crippen LogP contribution >= 0.6 is 46.4 Å². The number of carbonyl (C=O) groups is 1. The highest BCUT2D eigenvalue weighted by Gasteiger charge is 2.13. The van der Waals surface area contributed by atoms with Crippen molar-refractivity contribution in [3.63, 3.8) is 0 Å². The summed E-state index contributed by atoms with van der Waals surface area (Å²) in [6.07, 6.45) is 0. The van der Waals surface area contributed by atoms with Crippen molar-refractivity contribution in [1.82, 2.24) is 0 Å². The number of benzene rings is 2. The second-order valence-corrected chi connectivity index (χ2v) is 6.45. The number of hydrogen-bond donors (Lipinski definition) is 2. The Bertz CT molecular complexity index is 734. The first-order valence-electron chi connectivity index (χ1n) is 6.06. The molecule has 2 rings (SSSR count). The Kier molecular flexibility index (Phi) is 5.18. The summed E-state index contributed by atoms with van der Waals surface area (Å²) in [7, 11) is 0. The van der Waals surface area contributed by atoms with Gasteiger partial charge in [0.1, 0.15) is 4.99 Å². The van der Waals surface area contributed by atoms with Gasteiger partial charge in [0.2, 0.25) is 0 Å². The molecule has 3 nitrogen and oxygen atoms in total. The van der Waals surface area contributed by atoms with E-state index in [0.717, 1.165) is 9.13 Å². The van der Waals surface area contributed by atoms with Crippen molar-refractivity contribution in [2.24, 2.45) is 5.73 Å². The van der Waals surface area contributed by atoms with E-state index in [4.69, 9.17) is 29.6 Å². The van der Waals surface area contributed by atoms with Crippen molar-refractivity contribution < 1.29 is 4.79 Å². The van der Waals surface area contributed by atoms with E-state index in [1.165, 1.54) is 0 Å². The Morgan fingerprint density at radius 1 is 1.33 bits per heavy atom. The SMILES string of the molecule is Cc1cccc(NC(=O)c2ccc(I)c(Cl)c2)c1C(N)=S. The minimum absolute atomic E-state index is 0.253. The van der Waals surface area contributed by atoms with Gasteiger partial charge >= 0.3 is 0 Å². The van der Waals surface area contributed by atoms with Crippen molar-refractivity contribution in [1.29, 1.82) is 0 Å². The van der Waals surface area contributed by atoms with E-state index >= 15 is 0 Å². The summed E-state index contributed by atoms with van der Waals surface area (Å²) in [5, 5.41) is 3.37. The van der Waals surface area contributed by atoms with Crippen LogP contribution in [0.25, 0.3) is 0 Å². The third kappa shape index (κ3) is 3.72. The van der Waals surface area contributed by atoms with Crippen molar-refractivity contribution >= 4 is 63.0 Å². The average molecular weight is 431 g/mol. The fraction of sp³-hybridized carbons (Fsp3) is 0.0667. The molecule has 0 unspecified atom stereocenters. The third-order valence-electron chi connectivity index (χ3n) is 2.95. The van der Waals surface area contributed by atoms with Crippen molar-refractivity contribution in [3.8, 4) is 0 Å². The molecule has 0 aliphatic heterocycles. The second-order valence-electron chi connectivity index (χ2n) is 4.44. The number of hydrogen-bond acceptors (Lipinski definition) is 2. The third-order valence-corrected chi connectivity index (χ3v) is 4.73. The molecular formula is C15H12ClIN2OS. The highest BCUT2D eigenvalue weighted by atomic mass is 127. The number of carbonyl (C=O) groups excluding carboxylic acids is 1. The van der Waals surface area contributed by atoms with Crippen LogP contribution in [0.1, 0.15) is 21.5 Å². The summed E-state index contributed by atoms with van der Waals surface area (Å²) < 4.78 is 0.894. The molecule has 0 atom stereocenters. The van der Waals surface area contributed by atoms with E-state index < -0.39 is 0 Å². The Morgan fingerprint density at radius 2 is 2.05 bits per heavy atom. The number of amides is 1. The van der Waals surface area contributed by atoms with Gasteiger partial charge in [-0.25, -0.2) is 0 Å². The van der Waals surface area contributed by atoms with Crippen LogP contribution in [0.3, 0.4) is 0 Å². The molecule has 6 heteroatoms. The van der Waals surface area contributed by atoms with Crippen LogP contribution < -0.4 is 11.1 Å². The van der Waals surface area contributed by atoms with Gasteiger partial charge in [-0.1, -0.05) is 36.0 Å². The molecule has 2 aromatic carbocycles. The number of rotatable bonds is 3. The average Bonchev–Trinajstić information content (AvgIpc) is 2.41. The summed E-state index contributed by atoms with van der Waals surface area (Å²) in [6, 6.07) is 10.7. The zero-order chi connectivity index (χ0) is 15.6. The van der Waals surface area contributed by atoms with Gasteiger partial charge in [-0.15, -0.1) is 0 Å². The van der Waals surface area contributed by atoms with Crippen LogP contribution in [-0.4, -0.2) is 10.9 Å². The predicted molar refractivity (Wildman–Crippen MR) is 99.2 cm³/mol. The molecule has 0 spiro atoms. The molecule has 0 bridgehead atoms. The van der Waals surface area contributed by atoms with Crippen LogP contribution in [0.15, 0.2) is 36.4 Å². The largest absolute Gasteiger partial charge is 0.389 e. The second kappa shape index (κ2) is 6.72. The van der Waals surface area contributed by atoms with Gasteiger partial charge in [-0.05, 0) is 59.3 Å². The molecule has 108 valence electrons. The molecule has 0 aromatic heterocycles. The number of aryl methyl sites for hydroxylation is 1. The number of anilines is 1. The highest BCUT2D eigenvalue weighted by molar-refractivity contribution is 14.1. The van der Waals surface area contributed by atoms with E-state index in [2.05, 4.69) is 27.9 Å². The lowest BCUT2D eigenvalue weighted by Crippen LogP contribution is -2.18. The standard InChI is InChI=1S/C15H12ClIN2OS/c1-8-3-2-4-12(13(8)14(18)21)19-15(20)9-5-6-11(17)10(16)7-9/h2-7H,1H3,(H2,18,21)(H,19,20). The molecule has 0 fully saturated rings. The van der Waals surface area contributed by atoms with Gasteiger partial charge < -0.3 is 11.1 Å². The maximum atomic E-state index is 12.3. The van der Waals surface area contributed by atoms with Gasteiger partial charge in [-0.3, -0.25) is 4.79 Å². The smallest absolute Gasteiger partial charge is 0.255 e. The normalized spacial score (nSPS) is 10.2. The maximum Gasteiger partial charge on any atom is 0.255 e. The van der Waals surface area contributed by atoms with E-state index in [-0.39, 0.29) is 10.9 Å². The molecule has 0 heterocycles. The minimum Gasteiger partial charge on any atom is -0.389 e. The first-order chi connectivity index (χ1) is 9.90. The van der Waals surface area contributed by atoms with E-state index in [0.29, 0.717) is 21.8 Å². The van der Waals surface area contributed by atoms with E-state index in [9.17, 15) is 4.79 Å². The summed E-state index contributed by atoms with van der Waals surface area (Å²) in [4.78, 5) is 12.6. The van der Waals surface area contributed by atoms with Gasteiger partial charge in [0.25, 0.3) is 5.91 Å². The summed E-state index contributed by atoms with van der Waals surface area (Å²) in [5.41, 5.74) is 8.41. The van der Waals surface area contributed by atoms with Gasteiger partial charge in [0, 0.05) is 14.7 Å². The van der Waals surface area contributed by atoms with Crippen LogP contribution in [0.2, 0.25) is 5.02 Å². The molecule has 2 aromatic rings. The maximum absolute atomic E-state index is 12.3. The highest BCUT2D eigenvalue weighted by Crippen LogP contribution is 2.23. The summed E-state index contributed by atoms with van der Waals surface area (Å²) in [6.45, 7) is 1.89. The fourth-order valence-electron chi connectivity index (χ4n) is 1.93. The number of nitrogens with two attached hydrogens (primary N) is 1. The molecule has 0 aliphatic rings. The van der Waals surface area contributed by atoms with Gasteiger partial charge in [0.15, 0.2) is 0 Å². The van der Waals surface area contributed by atoms with Crippen LogP contribution in [0.5, 0.6) is 0 Å². The molecular weight excluding hydrogens is 419 g/mol. The van der Waals surface area contributed by atoms with Crippen molar-refractivity contribution in [2.75, 3.05) is 5.32 Å². The number of thiocarbonyl (C=S) groups is 1. The molecule has 3 N–H and O–H groups in total. The monoisotopic (exact) mass is 430 g/mol. The van der Waals surface area contributed by atoms with E-state index in [1.807, 2.05) is 19.1 Å². The van der Waals surface area contributed by atoms with Gasteiger partial charge in [-0.2, -0.15) is 0 Å². The first kappa shape index (κ1) is 16.2. The van der Waals surface area contributed by atoms with E-state index in [1.54, 1.807) is 24.3 Å². The van der Waals surface area contributed by atoms with Gasteiger partial charge in [0.05, 0.1) is 10.7 Å². The van der Waals surface area contributed by atoms with Crippen molar-refractivity contribution in [2.45, 2.75) is 6.92 Å². The Hall–Kier alpha value is -1.18. The number of nitrogens with one attached hydrogen (secondary N) is 1. The molecule has 0 radical (unpaired) electrons. The lowest BCUT2D eigenvalue weighted by Gasteiger charge is -2.13. The Morgan fingerprint density at radius 3 is 2.67 bits per heavy atom. The minimum atomic E-state index is -0.253. The lowest BCUT2D eigenvalue weighted by atomic mass is 10.1. The fourth-order valence-corrected chi connectivity index (χ4v) is 2.72. The van der Waals surface area contributed by atoms with Crippen LogP contribution in [0.4, 0.5) is 5.69 Å². The number of halogens is 2. The Balaban J connectivity index is 2.34. The summed E-state index contributed by atoms with van der Waals surface area (Å²) >= 11 is 13.2. The van der Waals surface area contributed by atoms with Crippen LogP contribution in [0, 0.1) is 10.5 Å². The lowest BCUT2D eigenvalue weighted by molar-refractivity contribution is 0.102. The summed E-state index contributed by atoms with van der Waals surface area (Å²) in [5.74, 6) is -0.253. The predicted octanol–water partition coefficient (Wildman–Crippen LogP) is 4.14. The molecule has 0 saturated carbocycles. The zero-order valence-corrected chi connectivity index (χ0v) is 14.8. The first-order valence-corrected chi connectivity index (χ1v) is 7.92. The molecule has 0 aliphatic carbocycles. The molecule has 0 saturated heterocycles. The van der Waals surface area contributed by atoms with Crippen molar-refractivity contribution in [3.05, 3.63) is 61.7 Å². The quantitative estimate of drug-likeness (QED) is 0.568. The Labute approximate surface area is 147 Å². The molecule has 1 amide bonds. The van der Waals surface area contributed by atoms with Crippen LogP contribution in [-0.2, 0) is 0 Å². The topological polar surface area (TPSA) is 55.1 Å². The molecule has 21 heavy (non-hydrogen) atoms. The zero-order valence-electron chi connectivity index (χ0n) is 11.1.